The average molecular weight is 439 g/mol. The average Bonchev–Trinajstić information content (AvgIpc) is 2.70. The summed E-state index contributed by atoms with van der Waals surface area (Å²) in [6.45, 7) is 6.73. The quantitative estimate of drug-likeness (QED) is 0.700. The molecule has 1 aromatic carbocycles. The smallest absolute Gasteiger partial charge is 0.347 e. The Kier molecular flexibility index (Phi) is 6.72. The molecule has 1 saturated heterocycles. The van der Waals surface area contributed by atoms with E-state index in [1.807, 2.05) is 11.8 Å². The highest BCUT2D eigenvalue weighted by Crippen LogP contribution is 2.27. The Morgan fingerprint density at radius 1 is 1.30 bits per heavy atom. The molecular weight excluding hydrogens is 415 g/mol. The lowest BCUT2D eigenvalue weighted by molar-refractivity contribution is -0.152. The molecule has 0 amide bonds. The summed E-state index contributed by atoms with van der Waals surface area (Å²) >= 11 is 5.78. The zero-order chi connectivity index (χ0) is 21.9. The highest BCUT2D eigenvalue weighted by molar-refractivity contribution is 6.30. The number of benzene rings is 1. The van der Waals surface area contributed by atoms with Crippen molar-refractivity contribution in [3.05, 3.63) is 29.0 Å². The maximum Gasteiger partial charge on any atom is 0.347 e. The van der Waals surface area contributed by atoms with E-state index in [9.17, 15) is 14.3 Å². The van der Waals surface area contributed by atoms with Crippen LogP contribution in [0.15, 0.2) is 18.2 Å². The van der Waals surface area contributed by atoms with Gasteiger partial charge in [-0.25, -0.2) is 9.18 Å². The van der Waals surface area contributed by atoms with Gasteiger partial charge in [0.15, 0.2) is 5.82 Å². The Morgan fingerprint density at radius 3 is 2.60 bits per heavy atom. The van der Waals surface area contributed by atoms with Crippen molar-refractivity contribution in [2.45, 2.75) is 45.3 Å². The second-order valence-electron chi connectivity index (χ2n) is 7.43. The van der Waals surface area contributed by atoms with Crippen LogP contribution < -0.4 is 9.64 Å². The third-order valence-electron chi connectivity index (χ3n) is 4.77. The van der Waals surface area contributed by atoms with Crippen molar-refractivity contribution in [2.75, 3.05) is 24.6 Å². The zero-order valence-corrected chi connectivity index (χ0v) is 17.8. The first-order valence-corrected chi connectivity index (χ1v) is 10.1. The molecule has 10 heteroatoms. The van der Waals surface area contributed by atoms with Crippen molar-refractivity contribution in [1.82, 2.24) is 15.0 Å². The Balaban J connectivity index is 1.96. The molecule has 1 aromatic heterocycles. The predicted molar refractivity (Wildman–Crippen MR) is 109 cm³/mol. The van der Waals surface area contributed by atoms with Crippen LogP contribution in [0, 0.1) is 5.82 Å². The van der Waals surface area contributed by atoms with E-state index < -0.39 is 17.4 Å². The van der Waals surface area contributed by atoms with E-state index in [1.165, 1.54) is 26.0 Å². The van der Waals surface area contributed by atoms with E-state index in [0.717, 1.165) is 12.8 Å². The second-order valence-corrected chi connectivity index (χ2v) is 7.84. The molecule has 0 radical (unpaired) electrons. The third kappa shape index (κ3) is 5.14. The topological polar surface area (TPSA) is 97.7 Å². The molecule has 1 N–H and O–H groups in total. The number of ether oxygens (including phenoxy) is 2. The van der Waals surface area contributed by atoms with Crippen LogP contribution in [-0.2, 0) is 9.53 Å². The Labute approximate surface area is 179 Å². The molecule has 0 atom stereocenters. The lowest BCUT2D eigenvalue weighted by Gasteiger charge is -2.32. The normalized spacial score (nSPS) is 15.3. The van der Waals surface area contributed by atoms with Gasteiger partial charge < -0.3 is 19.5 Å². The molecule has 3 rings (SSSR count). The maximum atomic E-state index is 14.0. The van der Waals surface area contributed by atoms with Crippen molar-refractivity contribution in [3.8, 4) is 17.4 Å². The number of carbonyl (C=O) groups is 1. The van der Waals surface area contributed by atoms with Gasteiger partial charge in [-0.2, -0.15) is 15.0 Å². The lowest BCUT2D eigenvalue weighted by atomic mass is 10.1. The fraction of sp³-hybridized carbons (Fsp3) is 0.500. The van der Waals surface area contributed by atoms with Gasteiger partial charge in [0.25, 0.3) is 0 Å². The van der Waals surface area contributed by atoms with E-state index in [1.54, 1.807) is 6.07 Å². The molecule has 162 valence electrons. The first kappa shape index (κ1) is 22.2. The Bertz CT molecular complexity index is 920. The minimum atomic E-state index is -1.55. The lowest BCUT2D eigenvalue weighted by Crippen LogP contribution is -2.40. The molecule has 0 unspecified atom stereocenters. The van der Waals surface area contributed by atoms with Crippen LogP contribution in [0.5, 0.6) is 6.01 Å². The van der Waals surface area contributed by atoms with Gasteiger partial charge in [-0.05, 0) is 51.8 Å². The van der Waals surface area contributed by atoms with Crippen LogP contribution in [0.1, 0.15) is 33.6 Å². The molecule has 8 nitrogen and oxygen atoms in total. The molecule has 30 heavy (non-hydrogen) atoms. The number of nitrogens with zero attached hydrogens (tertiary/aromatic N) is 4. The van der Waals surface area contributed by atoms with Gasteiger partial charge >= 0.3 is 12.0 Å². The molecule has 0 saturated carbocycles. The summed E-state index contributed by atoms with van der Waals surface area (Å²) in [6.07, 6.45) is 1.79. The first-order chi connectivity index (χ1) is 14.2. The molecule has 2 aromatic rings. The summed E-state index contributed by atoms with van der Waals surface area (Å²) in [4.78, 5) is 26.4. The molecule has 1 aliphatic heterocycles. The number of carboxylic acid groups (broad SMARTS) is 1. The summed E-state index contributed by atoms with van der Waals surface area (Å²) < 4.78 is 25.2. The number of piperidine rings is 1. The van der Waals surface area contributed by atoms with Crippen LogP contribution in [0.3, 0.4) is 0 Å². The highest BCUT2D eigenvalue weighted by Gasteiger charge is 2.32. The fourth-order valence-corrected chi connectivity index (χ4v) is 3.14. The van der Waals surface area contributed by atoms with Crippen molar-refractivity contribution in [2.24, 2.45) is 0 Å². The van der Waals surface area contributed by atoms with Gasteiger partial charge in [0.2, 0.25) is 11.5 Å². The maximum absolute atomic E-state index is 14.0. The van der Waals surface area contributed by atoms with Gasteiger partial charge in [0.1, 0.15) is 5.82 Å². The van der Waals surface area contributed by atoms with Crippen molar-refractivity contribution < 1.29 is 23.8 Å². The number of aromatic nitrogens is 3. The highest BCUT2D eigenvalue weighted by atomic mass is 35.5. The molecule has 2 heterocycles. The Morgan fingerprint density at radius 2 is 2.00 bits per heavy atom. The second kappa shape index (κ2) is 9.09. The monoisotopic (exact) mass is 438 g/mol. The summed E-state index contributed by atoms with van der Waals surface area (Å²) in [5, 5.41) is 9.35. The van der Waals surface area contributed by atoms with Crippen LogP contribution >= 0.6 is 11.6 Å². The van der Waals surface area contributed by atoms with E-state index >= 15 is 0 Å². The minimum absolute atomic E-state index is 0.0190. The number of rotatable bonds is 7. The van der Waals surface area contributed by atoms with Crippen molar-refractivity contribution in [1.29, 1.82) is 0 Å². The van der Waals surface area contributed by atoms with E-state index in [2.05, 4.69) is 15.0 Å². The number of hydrogen-bond donors (Lipinski definition) is 1. The van der Waals surface area contributed by atoms with Gasteiger partial charge in [-0.3, -0.25) is 0 Å². The van der Waals surface area contributed by atoms with Crippen LogP contribution in [-0.4, -0.2) is 57.4 Å². The van der Waals surface area contributed by atoms with Gasteiger partial charge in [-0.15, -0.1) is 0 Å². The molecule has 1 fully saturated rings. The van der Waals surface area contributed by atoms with Gasteiger partial charge in [-0.1, -0.05) is 11.6 Å². The Hall–Kier alpha value is -2.52. The SMILES string of the molecule is CCOC1CCN(c2nc(OC(C)(C)C(=O)O)nc(-c3ccc(Cl)c(F)c3)n2)CC1. The minimum Gasteiger partial charge on any atom is -0.478 e. The van der Waals surface area contributed by atoms with Crippen LogP contribution in [0.2, 0.25) is 5.02 Å². The zero-order valence-electron chi connectivity index (χ0n) is 17.1. The molecule has 1 aliphatic rings. The van der Waals surface area contributed by atoms with E-state index in [-0.39, 0.29) is 23.0 Å². The van der Waals surface area contributed by atoms with Gasteiger partial charge in [0, 0.05) is 25.3 Å². The molecule has 0 aliphatic carbocycles. The number of aliphatic carboxylic acids is 1. The van der Waals surface area contributed by atoms with Crippen molar-refractivity contribution in [3.63, 3.8) is 0 Å². The molecule has 0 spiro atoms. The van der Waals surface area contributed by atoms with Crippen LogP contribution in [0.4, 0.5) is 10.3 Å². The molecular formula is C20H24ClFN4O4. The fourth-order valence-electron chi connectivity index (χ4n) is 3.03. The van der Waals surface area contributed by atoms with Gasteiger partial charge in [0.05, 0.1) is 11.1 Å². The number of carboxylic acids is 1. The summed E-state index contributed by atoms with van der Waals surface area (Å²) in [5.41, 5.74) is -1.17. The standard InChI is InChI=1S/C20H24ClFN4O4/c1-4-29-13-7-9-26(10-8-13)18-23-16(12-5-6-14(21)15(22)11-12)24-19(25-18)30-20(2,3)17(27)28/h5-6,11,13H,4,7-10H2,1-3H3,(H,27,28). The molecule has 0 bridgehead atoms. The first-order valence-electron chi connectivity index (χ1n) is 9.70. The predicted octanol–water partition coefficient (Wildman–Crippen LogP) is 3.58. The van der Waals surface area contributed by atoms with Crippen LogP contribution in [0.25, 0.3) is 11.4 Å². The number of anilines is 1. The largest absolute Gasteiger partial charge is 0.478 e. The number of halogens is 2. The van der Waals surface area contributed by atoms with E-state index in [0.29, 0.717) is 31.2 Å². The van der Waals surface area contributed by atoms with E-state index in [4.69, 9.17) is 21.1 Å². The summed E-state index contributed by atoms with van der Waals surface area (Å²) in [6, 6.07) is 4.06. The van der Waals surface area contributed by atoms with Crippen molar-refractivity contribution >= 4 is 23.5 Å². The summed E-state index contributed by atoms with van der Waals surface area (Å²) in [5.74, 6) is -1.27. The number of hydrogen-bond acceptors (Lipinski definition) is 7. The summed E-state index contributed by atoms with van der Waals surface area (Å²) in [7, 11) is 0. The third-order valence-corrected chi connectivity index (χ3v) is 5.08.